The fourth-order valence-corrected chi connectivity index (χ4v) is 6.83. The highest BCUT2D eigenvalue weighted by Gasteiger charge is 2.25. The molecule has 6 aromatic carbocycles. The molecule has 0 unspecified atom stereocenters. The number of fused-ring (bicyclic) bond motifs is 6. The third kappa shape index (κ3) is 4.04. The molecule has 0 fully saturated rings. The van der Waals surface area contributed by atoms with Crippen LogP contribution in [0.2, 0.25) is 0 Å². The molecule has 2 heterocycles. The summed E-state index contributed by atoms with van der Waals surface area (Å²) in [6.45, 7) is 6.82. The van der Waals surface area contributed by atoms with E-state index in [-0.39, 0.29) is 5.54 Å². The van der Waals surface area contributed by atoms with Gasteiger partial charge in [-0.05, 0) is 93.6 Å². The van der Waals surface area contributed by atoms with Gasteiger partial charge in [0.1, 0.15) is 0 Å². The molecule has 8 rings (SSSR count). The topological polar surface area (TPSA) is 13.1 Å². The van der Waals surface area contributed by atoms with Crippen molar-refractivity contribution in [1.29, 1.82) is 0 Å². The Labute approximate surface area is 251 Å². The van der Waals surface area contributed by atoms with Gasteiger partial charge in [-0.25, -0.2) is 0 Å². The van der Waals surface area contributed by atoms with Gasteiger partial charge in [0, 0.05) is 49.8 Å². The van der Waals surface area contributed by atoms with Crippen molar-refractivity contribution >= 4 is 55.0 Å². The highest BCUT2D eigenvalue weighted by Crippen LogP contribution is 2.40. The van der Waals surface area contributed by atoms with E-state index in [1.165, 1.54) is 60.7 Å². The minimum atomic E-state index is -0.0919. The molecule has 2 aromatic heterocycles. The van der Waals surface area contributed by atoms with E-state index in [1.807, 2.05) is 0 Å². The monoisotopic (exact) mass is 555 g/mol. The molecule has 0 atom stereocenters. The van der Waals surface area contributed by atoms with E-state index in [4.69, 9.17) is 0 Å². The van der Waals surface area contributed by atoms with E-state index in [0.29, 0.717) is 0 Å². The van der Waals surface area contributed by atoms with E-state index in [0.717, 1.165) is 5.69 Å². The zero-order valence-corrected chi connectivity index (χ0v) is 24.7. The van der Waals surface area contributed by atoms with Crippen LogP contribution in [-0.2, 0) is 0 Å². The molecule has 43 heavy (non-hydrogen) atoms. The molecular formula is C40H33N3. The van der Waals surface area contributed by atoms with Gasteiger partial charge in [0.15, 0.2) is 0 Å². The van der Waals surface area contributed by atoms with Crippen molar-refractivity contribution in [3.63, 3.8) is 0 Å². The Morgan fingerprint density at radius 1 is 0.395 bits per heavy atom. The van der Waals surface area contributed by atoms with Crippen molar-refractivity contribution in [1.82, 2.24) is 9.13 Å². The van der Waals surface area contributed by atoms with Crippen LogP contribution < -0.4 is 4.90 Å². The van der Waals surface area contributed by atoms with Crippen LogP contribution in [0.5, 0.6) is 0 Å². The second kappa shape index (κ2) is 9.64. The van der Waals surface area contributed by atoms with Gasteiger partial charge in [0.25, 0.3) is 0 Å². The lowest BCUT2D eigenvalue weighted by Crippen LogP contribution is -2.37. The van der Waals surface area contributed by atoms with Gasteiger partial charge in [0.05, 0.1) is 22.1 Å². The zero-order valence-electron chi connectivity index (χ0n) is 24.7. The van der Waals surface area contributed by atoms with Crippen molar-refractivity contribution in [2.45, 2.75) is 26.3 Å². The number of aromatic nitrogens is 2. The summed E-state index contributed by atoms with van der Waals surface area (Å²) in [4.78, 5) is 2.43. The molecule has 0 spiro atoms. The maximum absolute atomic E-state index is 2.43. The van der Waals surface area contributed by atoms with Crippen LogP contribution in [0.25, 0.3) is 55.0 Å². The second-order valence-electron chi connectivity index (χ2n) is 12.3. The Balaban J connectivity index is 1.37. The number of hydrogen-bond donors (Lipinski definition) is 0. The van der Waals surface area contributed by atoms with Crippen molar-refractivity contribution in [3.8, 4) is 11.4 Å². The minimum absolute atomic E-state index is 0.0919. The fourth-order valence-electron chi connectivity index (χ4n) is 6.83. The van der Waals surface area contributed by atoms with Gasteiger partial charge in [-0.1, -0.05) is 72.8 Å². The molecule has 208 valence electrons. The van der Waals surface area contributed by atoms with Crippen LogP contribution in [0.4, 0.5) is 11.4 Å². The van der Waals surface area contributed by atoms with E-state index in [2.05, 4.69) is 180 Å². The molecule has 0 saturated carbocycles. The number of hydrogen-bond acceptors (Lipinski definition) is 1. The number of rotatable bonds is 4. The third-order valence-electron chi connectivity index (χ3n) is 8.53. The molecule has 0 amide bonds. The summed E-state index contributed by atoms with van der Waals surface area (Å²) in [5.74, 6) is 0. The molecule has 3 nitrogen and oxygen atoms in total. The molecule has 0 radical (unpaired) electrons. The summed E-state index contributed by atoms with van der Waals surface area (Å²) in [6.07, 6.45) is 0. The van der Waals surface area contributed by atoms with Crippen molar-refractivity contribution in [2.24, 2.45) is 0 Å². The van der Waals surface area contributed by atoms with Crippen LogP contribution in [0.15, 0.2) is 146 Å². The number of nitrogens with zero attached hydrogens (tertiary/aromatic N) is 3. The third-order valence-corrected chi connectivity index (χ3v) is 8.53. The average Bonchev–Trinajstić information content (AvgIpc) is 3.54. The van der Waals surface area contributed by atoms with E-state index < -0.39 is 0 Å². The molecule has 0 bridgehead atoms. The quantitative estimate of drug-likeness (QED) is 0.210. The Morgan fingerprint density at radius 2 is 0.884 bits per heavy atom. The van der Waals surface area contributed by atoms with Crippen LogP contribution in [-0.4, -0.2) is 14.7 Å². The smallest absolute Gasteiger partial charge is 0.0542 e. The number of para-hydroxylation sites is 4. The molecule has 0 aliphatic carbocycles. The fraction of sp³-hybridized carbons (Fsp3) is 0.100. The number of anilines is 2. The standard InChI is InChI=1S/C40H33N3/c1-40(2,3)43(29-16-8-5-9-17-29)31-23-25-39-35(27-31)33-19-11-13-21-37(33)42(39)30-22-24-38-34(26-30)32-18-10-12-20-36(32)41(38)28-14-6-4-7-15-28/h4-27H,1-3H3. The minimum Gasteiger partial charge on any atom is -0.336 e. The van der Waals surface area contributed by atoms with Crippen LogP contribution in [0.3, 0.4) is 0 Å². The lowest BCUT2D eigenvalue weighted by molar-refractivity contribution is 0.560. The molecule has 8 aromatic rings. The summed E-state index contributed by atoms with van der Waals surface area (Å²) in [7, 11) is 0. The lowest BCUT2D eigenvalue weighted by Gasteiger charge is -2.38. The maximum atomic E-state index is 2.43. The van der Waals surface area contributed by atoms with Gasteiger partial charge < -0.3 is 14.0 Å². The van der Waals surface area contributed by atoms with Crippen molar-refractivity contribution in [2.75, 3.05) is 4.90 Å². The van der Waals surface area contributed by atoms with Crippen LogP contribution in [0.1, 0.15) is 20.8 Å². The Morgan fingerprint density at radius 3 is 1.51 bits per heavy atom. The SMILES string of the molecule is CC(C)(C)N(c1ccccc1)c1ccc2c(c1)c1ccccc1n2-c1ccc2c(c1)c1ccccc1n2-c1ccccc1. The maximum Gasteiger partial charge on any atom is 0.0542 e. The first-order valence-corrected chi connectivity index (χ1v) is 15.0. The van der Waals surface area contributed by atoms with Gasteiger partial charge in [-0.2, -0.15) is 0 Å². The first-order chi connectivity index (χ1) is 21.0. The predicted molar refractivity (Wildman–Crippen MR) is 183 cm³/mol. The zero-order chi connectivity index (χ0) is 29.1. The van der Waals surface area contributed by atoms with Crippen molar-refractivity contribution in [3.05, 3.63) is 146 Å². The molecule has 0 aliphatic heterocycles. The Bertz CT molecular complexity index is 2260. The predicted octanol–water partition coefficient (Wildman–Crippen LogP) is 10.8. The Kier molecular flexibility index (Phi) is 5.70. The van der Waals surface area contributed by atoms with Gasteiger partial charge >= 0.3 is 0 Å². The molecule has 0 N–H and O–H groups in total. The lowest BCUT2D eigenvalue weighted by atomic mass is 10.0. The van der Waals surface area contributed by atoms with E-state index in [1.54, 1.807) is 0 Å². The summed E-state index contributed by atoms with van der Waals surface area (Å²) in [5, 5.41) is 5.02. The first-order valence-electron chi connectivity index (χ1n) is 15.0. The van der Waals surface area contributed by atoms with E-state index in [9.17, 15) is 0 Å². The summed E-state index contributed by atoms with van der Waals surface area (Å²) in [6, 6.07) is 52.7. The normalized spacial score (nSPS) is 12.1. The van der Waals surface area contributed by atoms with Crippen LogP contribution >= 0.6 is 0 Å². The summed E-state index contributed by atoms with van der Waals surface area (Å²) >= 11 is 0. The Hall–Kier alpha value is -5.28. The molecule has 3 heteroatoms. The van der Waals surface area contributed by atoms with Gasteiger partial charge in [-0.3, -0.25) is 0 Å². The highest BCUT2D eigenvalue weighted by atomic mass is 15.2. The summed E-state index contributed by atoms with van der Waals surface area (Å²) in [5.41, 5.74) is 9.48. The number of benzene rings is 6. The van der Waals surface area contributed by atoms with Gasteiger partial charge in [-0.15, -0.1) is 0 Å². The first kappa shape index (κ1) is 25.4. The molecule has 0 aliphatic rings. The molecule has 0 saturated heterocycles. The second-order valence-corrected chi connectivity index (χ2v) is 12.3. The van der Waals surface area contributed by atoms with Crippen LogP contribution in [0, 0.1) is 0 Å². The molecular weight excluding hydrogens is 522 g/mol. The van der Waals surface area contributed by atoms with E-state index >= 15 is 0 Å². The van der Waals surface area contributed by atoms with Crippen molar-refractivity contribution < 1.29 is 0 Å². The average molecular weight is 556 g/mol. The van der Waals surface area contributed by atoms with Gasteiger partial charge in [0.2, 0.25) is 0 Å². The summed E-state index contributed by atoms with van der Waals surface area (Å²) < 4.78 is 4.80. The highest BCUT2D eigenvalue weighted by molar-refractivity contribution is 6.12. The largest absolute Gasteiger partial charge is 0.336 e.